The van der Waals surface area contributed by atoms with Crippen LogP contribution in [0.1, 0.15) is 34.8 Å². The molecule has 2 aromatic heterocycles. The highest BCUT2D eigenvalue weighted by molar-refractivity contribution is 7.09. The van der Waals surface area contributed by atoms with Crippen LogP contribution >= 0.6 is 11.3 Å². The lowest BCUT2D eigenvalue weighted by Crippen LogP contribution is -2.44. The molecule has 0 unspecified atom stereocenters. The highest BCUT2D eigenvalue weighted by atomic mass is 32.1. The molecule has 2 aromatic rings. The third-order valence-electron chi connectivity index (χ3n) is 5.04. The van der Waals surface area contributed by atoms with Crippen molar-refractivity contribution in [3.05, 3.63) is 40.7 Å². The summed E-state index contributed by atoms with van der Waals surface area (Å²) < 4.78 is 5.27. The van der Waals surface area contributed by atoms with Gasteiger partial charge in [-0.3, -0.25) is 9.69 Å². The van der Waals surface area contributed by atoms with Crippen LogP contribution < -0.4 is 0 Å². The number of aromatic nitrogens is 1. The summed E-state index contributed by atoms with van der Waals surface area (Å²) in [6.45, 7) is 4.82. The molecule has 4 heterocycles. The lowest BCUT2D eigenvalue weighted by molar-refractivity contribution is 0.0651. The van der Waals surface area contributed by atoms with E-state index in [9.17, 15) is 4.79 Å². The highest BCUT2D eigenvalue weighted by Gasteiger charge is 2.43. The number of rotatable bonds is 3. The van der Waals surface area contributed by atoms with Gasteiger partial charge >= 0.3 is 0 Å². The maximum Gasteiger partial charge on any atom is 0.289 e. The average Bonchev–Trinajstić information content (AvgIpc) is 3.28. The van der Waals surface area contributed by atoms with Gasteiger partial charge in [0.25, 0.3) is 5.91 Å². The number of furan rings is 1. The molecular formula is C17H21N3O2S. The molecule has 0 saturated carbocycles. The Morgan fingerprint density at radius 3 is 3.09 bits per heavy atom. The van der Waals surface area contributed by atoms with Crippen LogP contribution in [0, 0.1) is 5.41 Å². The van der Waals surface area contributed by atoms with Crippen LogP contribution in [0.5, 0.6) is 0 Å². The number of carbonyl (C=O) groups is 1. The molecule has 2 fully saturated rings. The van der Waals surface area contributed by atoms with Crippen molar-refractivity contribution in [1.82, 2.24) is 14.8 Å². The molecule has 0 aromatic carbocycles. The second kappa shape index (κ2) is 6.09. The minimum atomic E-state index is 0.0314. The Morgan fingerprint density at radius 2 is 2.30 bits per heavy atom. The van der Waals surface area contributed by atoms with Crippen LogP contribution in [-0.2, 0) is 6.54 Å². The molecular weight excluding hydrogens is 310 g/mol. The van der Waals surface area contributed by atoms with E-state index < -0.39 is 0 Å². The first-order valence-electron chi connectivity index (χ1n) is 8.18. The van der Waals surface area contributed by atoms with Gasteiger partial charge in [0.05, 0.1) is 12.8 Å². The average molecular weight is 331 g/mol. The summed E-state index contributed by atoms with van der Waals surface area (Å²) in [7, 11) is 0. The molecule has 0 bridgehead atoms. The fraction of sp³-hybridized carbons (Fsp3) is 0.529. The minimum Gasteiger partial charge on any atom is -0.459 e. The predicted molar refractivity (Wildman–Crippen MR) is 88.3 cm³/mol. The number of thiazole rings is 1. The van der Waals surface area contributed by atoms with E-state index in [-0.39, 0.29) is 11.3 Å². The van der Waals surface area contributed by atoms with E-state index in [1.807, 2.05) is 16.5 Å². The summed E-state index contributed by atoms with van der Waals surface area (Å²) in [6, 6.07) is 3.53. The van der Waals surface area contributed by atoms with E-state index in [1.54, 1.807) is 29.7 Å². The van der Waals surface area contributed by atoms with Crippen molar-refractivity contribution in [2.45, 2.75) is 25.8 Å². The molecule has 5 nitrogen and oxygen atoms in total. The predicted octanol–water partition coefficient (Wildman–Crippen LogP) is 2.86. The normalized spacial score (nSPS) is 25.3. The van der Waals surface area contributed by atoms with Gasteiger partial charge in [-0.1, -0.05) is 0 Å². The molecule has 6 heteroatoms. The van der Waals surface area contributed by atoms with Crippen molar-refractivity contribution < 1.29 is 9.21 Å². The summed E-state index contributed by atoms with van der Waals surface area (Å²) >= 11 is 1.72. The maximum absolute atomic E-state index is 12.5. The zero-order valence-corrected chi connectivity index (χ0v) is 13.9. The number of amides is 1. The van der Waals surface area contributed by atoms with Crippen LogP contribution in [0.4, 0.5) is 0 Å². The Kier molecular flexibility index (Phi) is 3.95. The molecule has 122 valence electrons. The van der Waals surface area contributed by atoms with Gasteiger partial charge < -0.3 is 9.32 Å². The van der Waals surface area contributed by atoms with Crippen LogP contribution in [0.25, 0.3) is 0 Å². The van der Waals surface area contributed by atoms with Crippen molar-refractivity contribution in [2.24, 2.45) is 5.41 Å². The smallest absolute Gasteiger partial charge is 0.289 e. The van der Waals surface area contributed by atoms with Crippen LogP contribution in [0.2, 0.25) is 0 Å². The number of nitrogens with zero attached hydrogens (tertiary/aromatic N) is 3. The van der Waals surface area contributed by atoms with E-state index in [4.69, 9.17) is 4.42 Å². The minimum absolute atomic E-state index is 0.0314. The first kappa shape index (κ1) is 14.9. The van der Waals surface area contributed by atoms with Crippen molar-refractivity contribution in [3.63, 3.8) is 0 Å². The largest absolute Gasteiger partial charge is 0.459 e. The number of likely N-dealkylation sites (tertiary alicyclic amines) is 2. The molecule has 2 saturated heterocycles. The highest BCUT2D eigenvalue weighted by Crippen LogP contribution is 2.39. The monoisotopic (exact) mass is 331 g/mol. The van der Waals surface area contributed by atoms with Gasteiger partial charge in [-0.15, -0.1) is 11.3 Å². The molecule has 2 aliphatic rings. The number of piperidine rings is 1. The van der Waals surface area contributed by atoms with Crippen LogP contribution in [0.3, 0.4) is 0 Å². The van der Waals surface area contributed by atoms with Gasteiger partial charge in [0.1, 0.15) is 5.01 Å². The maximum atomic E-state index is 12.5. The van der Waals surface area contributed by atoms with Crippen molar-refractivity contribution >= 4 is 17.2 Å². The van der Waals surface area contributed by atoms with Gasteiger partial charge in [-0.2, -0.15) is 0 Å². The van der Waals surface area contributed by atoms with Gasteiger partial charge in [0, 0.05) is 36.6 Å². The number of hydrogen-bond acceptors (Lipinski definition) is 5. The fourth-order valence-electron chi connectivity index (χ4n) is 3.97. The molecule has 0 N–H and O–H groups in total. The number of hydrogen-bond donors (Lipinski definition) is 0. The summed E-state index contributed by atoms with van der Waals surface area (Å²) in [4.78, 5) is 21.4. The summed E-state index contributed by atoms with van der Waals surface area (Å²) in [5, 5.41) is 3.22. The van der Waals surface area contributed by atoms with Gasteiger partial charge in [0.15, 0.2) is 5.76 Å². The van der Waals surface area contributed by atoms with E-state index >= 15 is 0 Å². The fourth-order valence-corrected chi connectivity index (χ4v) is 4.62. The van der Waals surface area contributed by atoms with Crippen LogP contribution in [-0.4, -0.2) is 46.9 Å². The first-order valence-corrected chi connectivity index (χ1v) is 9.06. The summed E-state index contributed by atoms with van der Waals surface area (Å²) in [5.41, 5.74) is 0.248. The van der Waals surface area contributed by atoms with Gasteiger partial charge in [-0.25, -0.2) is 4.98 Å². The Balaban J connectivity index is 1.41. The lowest BCUT2D eigenvalue weighted by Gasteiger charge is -2.40. The lowest BCUT2D eigenvalue weighted by atomic mass is 9.79. The molecule has 1 spiro atoms. The zero-order valence-electron chi connectivity index (χ0n) is 13.1. The molecule has 0 aliphatic carbocycles. The standard InChI is InChI=1S/C17H21N3O2S/c21-16(14-3-1-9-22-14)20-8-5-17(13-20)4-2-7-19(12-17)11-15-18-6-10-23-15/h1,3,6,9-10H,2,4-5,7-8,11-13H2/t17-/m0/s1. The van der Waals surface area contributed by atoms with E-state index in [0.29, 0.717) is 5.76 Å². The van der Waals surface area contributed by atoms with Crippen LogP contribution in [0.15, 0.2) is 34.4 Å². The van der Waals surface area contributed by atoms with Crippen molar-refractivity contribution in [2.75, 3.05) is 26.2 Å². The summed E-state index contributed by atoms with van der Waals surface area (Å²) in [5.74, 6) is 0.487. The molecule has 1 atom stereocenters. The number of carbonyl (C=O) groups excluding carboxylic acids is 1. The third-order valence-corrected chi connectivity index (χ3v) is 5.80. The molecule has 23 heavy (non-hydrogen) atoms. The first-order chi connectivity index (χ1) is 11.2. The van der Waals surface area contributed by atoms with Gasteiger partial charge in [-0.05, 0) is 37.9 Å². The topological polar surface area (TPSA) is 49.6 Å². The quantitative estimate of drug-likeness (QED) is 0.868. The second-order valence-electron chi connectivity index (χ2n) is 6.69. The summed E-state index contributed by atoms with van der Waals surface area (Å²) in [6.07, 6.45) is 6.94. The molecule has 4 rings (SSSR count). The Hall–Kier alpha value is -1.66. The Morgan fingerprint density at radius 1 is 1.35 bits per heavy atom. The van der Waals surface area contributed by atoms with Crippen molar-refractivity contribution in [3.8, 4) is 0 Å². The Bertz CT molecular complexity index is 655. The van der Waals surface area contributed by atoms with E-state index in [1.165, 1.54) is 17.8 Å². The molecule has 1 amide bonds. The van der Waals surface area contributed by atoms with Gasteiger partial charge in [0.2, 0.25) is 0 Å². The SMILES string of the molecule is O=C(c1ccco1)N1CC[C@]2(CCCN(Cc3nccs3)C2)C1. The van der Waals surface area contributed by atoms with E-state index in [2.05, 4.69) is 9.88 Å². The molecule has 0 radical (unpaired) electrons. The second-order valence-corrected chi connectivity index (χ2v) is 7.67. The van der Waals surface area contributed by atoms with Crippen molar-refractivity contribution in [1.29, 1.82) is 0 Å². The zero-order chi connectivity index (χ0) is 15.7. The Labute approximate surface area is 139 Å². The molecule has 2 aliphatic heterocycles. The third kappa shape index (κ3) is 3.05. The van der Waals surface area contributed by atoms with E-state index in [0.717, 1.165) is 39.1 Å².